The number of nitrogens with one attached hydrogen (secondary N) is 1. The molecule has 98 valence electrons. The van der Waals surface area contributed by atoms with Gasteiger partial charge in [0.15, 0.2) is 0 Å². The Bertz CT molecular complexity index is 554. The predicted molar refractivity (Wildman–Crippen MR) is 70.8 cm³/mol. The summed E-state index contributed by atoms with van der Waals surface area (Å²) in [6, 6.07) is 15.1. The minimum atomic E-state index is -1.17. The average Bonchev–Trinajstić information content (AvgIpc) is 2.45. The fraction of sp³-hybridized carbons (Fsp3) is 0.133. The normalized spacial score (nSPS) is 11.6. The number of carboxylic acids is 1. The van der Waals surface area contributed by atoms with E-state index in [-0.39, 0.29) is 0 Å². The van der Waals surface area contributed by atoms with E-state index in [0.717, 1.165) is 0 Å². The summed E-state index contributed by atoms with van der Waals surface area (Å²) < 4.78 is 5.10. The molecule has 0 fully saturated rings. The molecule has 2 aromatic rings. The minimum Gasteiger partial charge on any atom is -0.548 e. The summed E-state index contributed by atoms with van der Waals surface area (Å²) in [6.45, 7) is 0. The molecule has 1 atom stereocenters. The zero-order valence-electron chi connectivity index (χ0n) is 10.5. The van der Waals surface area contributed by atoms with Crippen molar-refractivity contribution in [2.45, 2.75) is 6.04 Å². The molecule has 2 rings (SSSR count). The fourth-order valence-corrected chi connectivity index (χ4v) is 1.80. The summed E-state index contributed by atoms with van der Waals surface area (Å²) in [7, 11) is 1.56. The lowest BCUT2D eigenvalue weighted by atomic mass is 10.1. The highest BCUT2D eigenvalue weighted by molar-refractivity contribution is 5.77. The summed E-state index contributed by atoms with van der Waals surface area (Å²) in [4.78, 5) is 11.3. The lowest BCUT2D eigenvalue weighted by Crippen LogP contribution is -2.34. The lowest BCUT2D eigenvalue weighted by Gasteiger charge is -2.21. The number of benzene rings is 2. The predicted octanol–water partition coefficient (Wildman–Crippen LogP) is 1.60. The maximum atomic E-state index is 11.3. The second-order valence-corrected chi connectivity index (χ2v) is 4.04. The van der Waals surface area contributed by atoms with Crippen LogP contribution in [0.2, 0.25) is 0 Å². The number of hydrogen-bond acceptors (Lipinski definition) is 4. The van der Waals surface area contributed by atoms with Gasteiger partial charge in [-0.15, -0.1) is 0 Å². The molecule has 0 bridgehead atoms. The van der Waals surface area contributed by atoms with Gasteiger partial charge < -0.3 is 20.0 Å². The van der Waals surface area contributed by atoms with E-state index in [1.165, 1.54) is 0 Å². The lowest BCUT2D eigenvalue weighted by molar-refractivity contribution is -0.307. The molecule has 1 N–H and O–H groups in total. The number of rotatable bonds is 5. The molecular formula is C15H14NO3-. The van der Waals surface area contributed by atoms with Gasteiger partial charge in [0.05, 0.1) is 19.1 Å². The van der Waals surface area contributed by atoms with E-state index in [4.69, 9.17) is 4.74 Å². The standard InChI is InChI=1S/C15H15NO3/c1-19-13-9-5-8-12(10-13)16-14(15(17)18)11-6-3-2-4-7-11/h2-10,14,16H,1H3,(H,17,18)/p-1/t14-/m0/s1. The van der Waals surface area contributed by atoms with E-state index in [1.54, 1.807) is 55.6 Å². The molecule has 0 aromatic heterocycles. The number of carbonyl (C=O) groups is 1. The molecule has 0 spiro atoms. The summed E-state index contributed by atoms with van der Waals surface area (Å²) in [5.41, 5.74) is 1.31. The van der Waals surface area contributed by atoms with Crippen LogP contribution in [0.15, 0.2) is 54.6 Å². The molecule has 0 aliphatic heterocycles. The van der Waals surface area contributed by atoms with Crippen molar-refractivity contribution in [2.75, 3.05) is 12.4 Å². The van der Waals surface area contributed by atoms with Crippen molar-refractivity contribution in [3.8, 4) is 5.75 Å². The molecule has 4 nitrogen and oxygen atoms in total. The Hall–Kier alpha value is -2.49. The highest BCUT2D eigenvalue weighted by Gasteiger charge is 2.12. The van der Waals surface area contributed by atoms with Gasteiger partial charge in [-0.2, -0.15) is 0 Å². The summed E-state index contributed by atoms with van der Waals surface area (Å²) >= 11 is 0. The van der Waals surface area contributed by atoms with Gasteiger partial charge in [-0.3, -0.25) is 0 Å². The van der Waals surface area contributed by atoms with Crippen molar-refractivity contribution in [1.82, 2.24) is 0 Å². The summed E-state index contributed by atoms with van der Waals surface area (Å²) in [5.74, 6) is -0.510. The summed E-state index contributed by atoms with van der Waals surface area (Å²) in [6.07, 6.45) is 0. The van der Waals surface area contributed by atoms with Crippen LogP contribution in [0.5, 0.6) is 5.75 Å². The van der Waals surface area contributed by atoms with Gasteiger partial charge in [0.25, 0.3) is 0 Å². The summed E-state index contributed by atoms with van der Waals surface area (Å²) in [5, 5.41) is 14.2. The number of carbonyl (C=O) groups excluding carboxylic acids is 1. The van der Waals surface area contributed by atoms with Gasteiger partial charge in [0.2, 0.25) is 0 Å². The zero-order valence-corrected chi connectivity index (χ0v) is 10.5. The highest BCUT2D eigenvalue weighted by Crippen LogP contribution is 2.22. The quantitative estimate of drug-likeness (QED) is 0.882. The van der Waals surface area contributed by atoms with Crippen molar-refractivity contribution in [3.05, 3.63) is 60.2 Å². The fourth-order valence-electron chi connectivity index (χ4n) is 1.80. The number of hydrogen-bond donors (Lipinski definition) is 1. The van der Waals surface area contributed by atoms with Crippen LogP contribution in [0.25, 0.3) is 0 Å². The Kier molecular flexibility index (Phi) is 4.03. The third-order valence-electron chi connectivity index (χ3n) is 2.75. The van der Waals surface area contributed by atoms with Crippen molar-refractivity contribution in [2.24, 2.45) is 0 Å². The van der Waals surface area contributed by atoms with Gasteiger partial charge in [0, 0.05) is 11.8 Å². The minimum absolute atomic E-state index is 0.644. The van der Waals surface area contributed by atoms with Crippen molar-refractivity contribution >= 4 is 11.7 Å². The number of aliphatic carboxylic acids is 1. The van der Waals surface area contributed by atoms with Gasteiger partial charge in [-0.1, -0.05) is 36.4 Å². The van der Waals surface area contributed by atoms with Crippen LogP contribution in [0, 0.1) is 0 Å². The molecule has 0 heterocycles. The Labute approximate surface area is 111 Å². The molecule has 0 aliphatic rings. The van der Waals surface area contributed by atoms with E-state index >= 15 is 0 Å². The Morgan fingerprint density at radius 2 is 1.89 bits per heavy atom. The SMILES string of the molecule is COc1cccc(N[C@H](C(=O)[O-])c2ccccc2)c1. The van der Waals surface area contributed by atoms with Crippen molar-refractivity contribution < 1.29 is 14.6 Å². The molecule has 0 amide bonds. The maximum absolute atomic E-state index is 11.3. The average molecular weight is 256 g/mol. The smallest absolute Gasteiger partial charge is 0.120 e. The maximum Gasteiger partial charge on any atom is 0.120 e. The van der Waals surface area contributed by atoms with Crippen LogP contribution in [-0.4, -0.2) is 13.1 Å². The number of methoxy groups -OCH3 is 1. The van der Waals surface area contributed by atoms with Gasteiger partial charge in [-0.05, 0) is 17.7 Å². The van der Waals surface area contributed by atoms with Crippen molar-refractivity contribution in [3.63, 3.8) is 0 Å². The van der Waals surface area contributed by atoms with Crippen LogP contribution in [0.3, 0.4) is 0 Å². The first-order valence-corrected chi connectivity index (χ1v) is 5.87. The number of ether oxygens (including phenoxy) is 1. The Morgan fingerprint density at radius 3 is 2.53 bits per heavy atom. The van der Waals surface area contributed by atoms with E-state index in [0.29, 0.717) is 17.0 Å². The molecule has 0 unspecified atom stereocenters. The van der Waals surface area contributed by atoms with Crippen LogP contribution in [0.4, 0.5) is 5.69 Å². The van der Waals surface area contributed by atoms with E-state index in [9.17, 15) is 9.90 Å². The third kappa shape index (κ3) is 3.25. The largest absolute Gasteiger partial charge is 0.548 e. The molecular weight excluding hydrogens is 242 g/mol. The molecule has 19 heavy (non-hydrogen) atoms. The monoisotopic (exact) mass is 256 g/mol. The molecule has 0 aliphatic carbocycles. The third-order valence-corrected chi connectivity index (χ3v) is 2.75. The Morgan fingerprint density at radius 1 is 1.16 bits per heavy atom. The van der Waals surface area contributed by atoms with Crippen LogP contribution in [-0.2, 0) is 4.79 Å². The van der Waals surface area contributed by atoms with Gasteiger partial charge >= 0.3 is 0 Å². The molecule has 2 aromatic carbocycles. The van der Waals surface area contributed by atoms with E-state index in [1.807, 2.05) is 6.07 Å². The molecule has 0 radical (unpaired) electrons. The number of anilines is 1. The number of carboxylic acid groups (broad SMARTS) is 1. The molecule has 4 heteroatoms. The van der Waals surface area contributed by atoms with Crippen LogP contribution in [0.1, 0.15) is 11.6 Å². The van der Waals surface area contributed by atoms with E-state index < -0.39 is 12.0 Å². The second-order valence-electron chi connectivity index (χ2n) is 4.04. The first-order chi connectivity index (χ1) is 9.20. The van der Waals surface area contributed by atoms with Gasteiger partial charge in [-0.25, -0.2) is 0 Å². The van der Waals surface area contributed by atoms with E-state index in [2.05, 4.69) is 5.32 Å². The molecule has 0 saturated heterocycles. The van der Waals surface area contributed by atoms with Crippen LogP contribution >= 0.6 is 0 Å². The first kappa shape index (κ1) is 13.0. The van der Waals surface area contributed by atoms with Gasteiger partial charge in [0.1, 0.15) is 5.75 Å². The highest BCUT2D eigenvalue weighted by atomic mass is 16.5. The molecule has 0 saturated carbocycles. The van der Waals surface area contributed by atoms with Crippen molar-refractivity contribution in [1.29, 1.82) is 0 Å². The van der Waals surface area contributed by atoms with Crippen LogP contribution < -0.4 is 15.2 Å². The Balaban J connectivity index is 2.24. The first-order valence-electron chi connectivity index (χ1n) is 5.87. The zero-order chi connectivity index (χ0) is 13.7. The topological polar surface area (TPSA) is 61.4 Å². The second kappa shape index (κ2) is 5.91.